The Kier molecular flexibility index (Phi) is 7.72. The highest BCUT2D eigenvalue weighted by Gasteiger charge is 2.08. The fourth-order valence-electron chi connectivity index (χ4n) is 2.97. The van der Waals surface area contributed by atoms with Crippen LogP contribution in [0.1, 0.15) is 24.0 Å². The third kappa shape index (κ3) is 6.49. The molecule has 0 aliphatic carbocycles. The van der Waals surface area contributed by atoms with Crippen molar-refractivity contribution in [1.29, 1.82) is 0 Å². The van der Waals surface area contributed by atoms with E-state index in [-0.39, 0.29) is 18.9 Å². The molecule has 0 aliphatic heterocycles. The molecular formula is C23H23ClN2O6. The van der Waals surface area contributed by atoms with Gasteiger partial charge < -0.3 is 13.9 Å². The lowest BCUT2D eigenvalue weighted by atomic mass is 10.1. The second-order valence-electron chi connectivity index (χ2n) is 7.15. The summed E-state index contributed by atoms with van der Waals surface area (Å²) >= 11 is 5.90. The summed E-state index contributed by atoms with van der Waals surface area (Å²) in [7, 11) is 0. The van der Waals surface area contributed by atoms with Gasteiger partial charge >= 0.3 is 5.63 Å². The molecule has 2 N–H and O–H groups in total. The van der Waals surface area contributed by atoms with Crippen molar-refractivity contribution in [1.82, 2.24) is 10.9 Å². The van der Waals surface area contributed by atoms with Gasteiger partial charge in [0.2, 0.25) is 5.91 Å². The summed E-state index contributed by atoms with van der Waals surface area (Å²) in [4.78, 5) is 35.3. The van der Waals surface area contributed by atoms with Crippen LogP contribution in [0.2, 0.25) is 5.02 Å². The van der Waals surface area contributed by atoms with E-state index in [1.54, 1.807) is 37.3 Å². The van der Waals surface area contributed by atoms with Crippen molar-refractivity contribution in [3.8, 4) is 11.5 Å². The predicted molar refractivity (Wildman–Crippen MR) is 120 cm³/mol. The summed E-state index contributed by atoms with van der Waals surface area (Å²) < 4.78 is 16.2. The molecule has 1 heterocycles. The average Bonchev–Trinajstić information content (AvgIpc) is 2.74. The third-order valence-electron chi connectivity index (χ3n) is 4.58. The topological polar surface area (TPSA) is 107 Å². The van der Waals surface area contributed by atoms with Gasteiger partial charge in [-0.25, -0.2) is 4.79 Å². The lowest BCUT2D eigenvalue weighted by Gasteiger charge is -2.11. The number of carbonyl (C=O) groups excluding carboxylic acids is 2. The molecule has 8 nitrogen and oxygen atoms in total. The zero-order chi connectivity index (χ0) is 23.1. The van der Waals surface area contributed by atoms with E-state index in [1.165, 1.54) is 12.1 Å². The predicted octanol–water partition coefficient (Wildman–Crippen LogP) is 3.45. The minimum Gasteiger partial charge on any atom is -0.493 e. The number of carbonyl (C=O) groups is 2. The fraction of sp³-hybridized carbons (Fsp3) is 0.261. The number of amides is 2. The van der Waals surface area contributed by atoms with Crippen LogP contribution in [0.5, 0.6) is 11.5 Å². The Bertz CT molecular complexity index is 1190. The van der Waals surface area contributed by atoms with Crippen LogP contribution in [0, 0.1) is 13.8 Å². The minimum atomic E-state index is -0.530. The van der Waals surface area contributed by atoms with Gasteiger partial charge in [0.25, 0.3) is 5.91 Å². The largest absolute Gasteiger partial charge is 0.493 e. The number of fused-ring (bicyclic) bond motifs is 1. The normalized spacial score (nSPS) is 10.6. The van der Waals surface area contributed by atoms with Gasteiger partial charge in [-0.1, -0.05) is 11.6 Å². The van der Waals surface area contributed by atoms with Gasteiger partial charge in [0.1, 0.15) is 17.1 Å². The van der Waals surface area contributed by atoms with Gasteiger partial charge in [-0.15, -0.1) is 0 Å². The molecule has 3 aromatic rings. The summed E-state index contributed by atoms with van der Waals surface area (Å²) in [5.41, 5.74) is 6.24. The molecule has 0 fully saturated rings. The van der Waals surface area contributed by atoms with Crippen LogP contribution < -0.4 is 26.0 Å². The summed E-state index contributed by atoms with van der Waals surface area (Å²) in [5.74, 6) is 0.195. The number of hydrazine groups is 1. The maximum Gasteiger partial charge on any atom is 0.336 e. The van der Waals surface area contributed by atoms with Crippen molar-refractivity contribution < 1.29 is 23.5 Å². The van der Waals surface area contributed by atoms with Crippen LogP contribution >= 0.6 is 11.6 Å². The van der Waals surface area contributed by atoms with Gasteiger partial charge in [-0.05, 0) is 61.7 Å². The molecule has 9 heteroatoms. The molecule has 2 aromatic carbocycles. The SMILES string of the molecule is Cc1cc(Cl)ccc1OCCCC(=O)NNC(=O)COc1ccc2c(C)cc(=O)oc2c1. The molecule has 3 rings (SSSR count). The van der Waals surface area contributed by atoms with Crippen molar-refractivity contribution in [2.24, 2.45) is 0 Å². The van der Waals surface area contributed by atoms with Crippen LogP contribution in [0.4, 0.5) is 0 Å². The van der Waals surface area contributed by atoms with E-state index in [4.69, 9.17) is 25.5 Å². The van der Waals surface area contributed by atoms with E-state index in [2.05, 4.69) is 10.9 Å². The highest BCUT2D eigenvalue weighted by Crippen LogP contribution is 2.23. The average molecular weight is 459 g/mol. The van der Waals surface area contributed by atoms with E-state index in [1.807, 2.05) is 6.92 Å². The number of ether oxygens (including phenoxy) is 2. The second kappa shape index (κ2) is 10.7. The molecule has 168 valence electrons. The van der Waals surface area contributed by atoms with E-state index in [9.17, 15) is 14.4 Å². The molecule has 0 saturated heterocycles. The van der Waals surface area contributed by atoms with E-state index >= 15 is 0 Å². The molecular weight excluding hydrogens is 436 g/mol. The quantitative estimate of drug-likeness (QED) is 0.304. The highest BCUT2D eigenvalue weighted by molar-refractivity contribution is 6.30. The van der Waals surface area contributed by atoms with Crippen LogP contribution in [0.15, 0.2) is 51.7 Å². The lowest BCUT2D eigenvalue weighted by molar-refractivity contribution is -0.130. The highest BCUT2D eigenvalue weighted by atomic mass is 35.5. The summed E-state index contributed by atoms with van der Waals surface area (Å²) in [6, 6.07) is 11.7. The van der Waals surface area contributed by atoms with Crippen LogP contribution in [-0.4, -0.2) is 25.0 Å². The van der Waals surface area contributed by atoms with Crippen LogP contribution in [0.3, 0.4) is 0 Å². The zero-order valence-corrected chi connectivity index (χ0v) is 18.5. The van der Waals surface area contributed by atoms with Crippen molar-refractivity contribution >= 4 is 34.4 Å². The number of aryl methyl sites for hydroxylation is 2. The minimum absolute atomic E-state index is 0.177. The maximum atomic E-state index is 11.9. The van der Waals surface area contributed by atoms with E-state index in [0.717, 1.165) is 16.5 Å². The zero-order valence-electron chi connectivity index (χ0n) is 17.7. The monoisotopic (exact) mass is 458 g/mol. The van der Waals surface area contributed by atoms with Crippen LogP contribution in [0.25, 0.3) is 11.0 Å². The van der Waals surface area contributed by atoms with Crippen molar-refractivity contribution in [2.75, 3.05) is 13.2 Å². The molecule has 0 atom stereocenters. The Morgan fingerprint density at radius 2 is 1.75 bits per heavy atom. The Morgan fingerprint density at radius 3 is 2.53 bits per heavy atom. The summed E-state index contributed by atoms with van der Waals surface area (Å²) in [6.45, 7) is 3.73. The number of halogens is 1. The number of nitrogens with one attached hydrogen (secondary N) is 2. The first-order valence-electron chi connectivity index (χ1n) is 9.96. The Morgan fingerprint density at radius 1 is 0.969 bits per heavy atom. The fourth-order valence-corrected chi connectivity index (χ4v) is 3.20. The third-order valence-corrected chi connectivity index (χ3v) is 4.81. The Balaban J connectivity index is 1.37. The standard InChI is InChI=1S/C23H23ClN2O6/c1-14-11-23(29)32-20-12-17(6-7-18(14)20)31-13-22(28)26-25-21(27)4-3-9-30-19-8-5-16(24)10-15(19)2/h5-8,10-12H,3-4,9,13H2,1-2H3,(H,25,27)(H,26,28). The molecule has 0 radical (unpaired) electrons. The number of hydrogen-bond donors (Lipinski definition) is 2. The van der Waals surface area contributed by atoms with Gasteiger partial charge in [0.15, 0.2) is 6.61 Å². The van der Waals surface area contributed by atoms with E-state index in [0.29, 0.717) is 35.1 Å². The van der Waals surface area contributed by atoms with Crippen LogP contribution in [-0.2, 0) is 9.59 Å². The van der Waals surface area contributed by atoms with Gasteiger partial charge in [0, 0.05) is 29.0 Å². The second-order valence-corrected chi connectivity index (χ2v) is 7.59. The molecule has 0 aliphatic rings. The number of rotatable bonds is 8. The number of hydrogen-bond acceptors (Lipinski definition) is 6. The van der Waals surface area contributed by atoms with Crippen molar-refractivity contribution in [2.45, 2.75) is 26.7 Å². The first-order chi connectivity index (χ1) is 15.3. The first-order valence-corrected chi connectivity index (χ1v) is 10.3. The molecule has 2 amide bonds. The molecule has 32 heavy (non-hydrogen) atoms. The number of benzene rings is 2. The molecule has 0 spiro atoms. The Labute approximate surface area is 189 Å². The van der Waals surface area contributed by atoms with Gasteiger partial charge in [-0.2, -0.15) is 0 Å². The smallest absolute Gasteiger partial charge is 0.336 e. The lowest BCUT2D eigenvalue weighted by Crippen LogP contribution is -2.43. The summed E-state index contributed by atoms with van der Waals surface area (Å²) in [6.07, 6.45) is 0.652. The van der Waals surface area contributed by atoms with Crippen molar-refractivity contribution in [3.63, 3.8) is 0 Å². The molecule has 0 bridgehead atoms. The van der Waals surface area contributed by atoms with E-state index < -0.39 is 11.5 Å². The first kappa shape index (κ1) is 23.1. The maximum absolute atomic E-state index is 11.9. The summed E-state index contributed by atoms with van der Waals surface area (Å²) in [5, 5.41) is 1.42. The molecule has 1 aromatic heterocycles. The molecule has 0 unspecified atom stereocenters. The van der Waals surface area contributed by atoms with Crippen molar-refractivity contribution in [3.05, 3.63) is 69.0 Å². The molecule has 0 saturated carbocycles. The Hall–Kier alpha value is -3.52. The van der Waals surface area contributed by atoms with Gasteiger partial charge in [0.05, 0.1) is 6.61 Å². The van der Waals surface area contributed by atoms with Gasteiger partial charge in [-0.3, -0.25) is 20.4 Å².